The maximum Gasteiger partial charge on any atom is 0.341 e. The largest absolute Gasteiger partial charge is 0.465 e. The third-order valence-electron chi connectivity index (χ3n) is 5.81. The maximum absolute atomic E-state index is 12.7. The van der Waals surface area contributed by atoms with Crippen LogP contribution in [0.15, 0.2) is 0 Å². The molecule has 3 aliphatic rings. The number of ether oxygens (including phenoxy) is 1. The van der Waals surface area contributed by atoms with Gasteiger partial charge in [-0.2, -0.15) is 0 Å². The predicted molar refractivity (Wildman–Crippen MR) is 102 cm³/mol. The topological polar surface area (TPSA) is 105 Å². The van der Waals surface area contributed by atoms with Gasteiger partial charge in [-0.15, -0.1) is 11.3 Å². The first kappa shape index (κ1) is 18.9. The molecule has 4 rings (SSSR count). The highest BCUT2D eigenvalue weighted by Crippen LogP contribution is 2.43. The van der Waals surface area contributed by atoms with Gasteiger partial charge < -0.3 is 15.4 Å². The number of esters is 1. The number of methoxy groups -OCH3 is 1. The predicted octanol–water partition coefficient (Wildman–Crippen LogP) is 2.07. The number of thiophene rings is 1. The Morgan fingerprint density at radius 3 is 2.68 bits per heavy atom. The molecule has 1 aromatic rings. The van der Waals surface area contributed by atoms with Crippen molar-refractivity contribution >= 4 is 40.2 Å². The average Bonchev–Trinajstić information content (AvgIpc) is 3.43. The van der Waals surface area contributed by atoms with E-state index in [9.17, 15) is 19.2 Å². The van der Waals surface area contributed by atoms with Crippen molar-refractivity contribution in [2.75, 3.05) is 19.0 Å². The summed E-state index contributed by atoms with van der Waals surface area (Å²) in [4.78, 5) is 51.8. The first-order valence-corrected chi connectivity index (χ1v) is 10.3. The molecule has 0 bridgehead atoms. The molecule has 28 heavy (non-hydrogen) atoms. The minimum Gasteiger partial charge on any atom is -0.465 e. The molecule has 8 nitrogen and oxygen atoms in total. The van der Waals surface area contributed by atoms with Crippen LogP contribution in [-0.2, 0) is 27.2 Å². The fraction of sp³-hybridized carbons (Fsp3) is 0.579. The molecule has 2 N–H and O–H groups in total. The summed E-state index contributed by atoms with van der Waals surface area (Å²) in [6.45, 7) is 1.33. The number of rotatable bonds is 5. The van der Waals surface area contributed by atoms with Crippen LogP contribution in [0.5, 0.6) is 0 Å². The van der Waals surface area contributed by atoms with Crippen LogP contribution in [-0.4, -0.2) is 47.9 Å². The molecule has 1 saturated heterocycles. The third-order valence-corrected chi connectivity index (χ3v) is 7.02. The van der Waals surface area contributed by atoms with Gasteiger partial charge in [-0.3, -0.25) is 14.5 Å². The quantitative estimate of drug-likeness (QED) is 0.576. The summed E-state index contributed by atoms with van der Waals surface area (Å²) < 4.78 is 4.90. The Morgan fingerprint density at radius 2 is 2.00 bits per heavy atom. The zero-order valence-electron chi connectivity index (χ0n) is 15.9. The molecule has 0 aromatic carbocycles. The summed E-state index contributed by atoms with van der Waals surface area (Å²) in [7, 11) is 1.31. The number of urea groups is 1. The van der Waals surface area contributed by atoms with E-state index in [4.69, 9.17) is 4.74 Å². The second-order valence-corrected chi connectivity index (χ2v) is 8.86. The van der Waals surface area contributed by atoms with Crippen molar-refractivity contribution in [2.24, 2.45) is 5.92 Å². The second-order valence-electron chi connectivity index (χ2n) is 7.75. The highest BCUT2D eigenvalue weighted by molar-refractivity contribution is 7.17. The maximum atomic E-state index is 12.7. The number of carbonyl (C=O) groups is 4. The molecule has 2 aliphatic carbocycles. The van der Waals surface area contributed by atoms with Crippen LogP contribution < -0.4 is 10.6 Å². The zero-order chi connectivity index (χ0) is 20.1. The number of hydrogen-bond donors (Lipinski definition) is 2. The Kier molecular flexibility index (Phi) is 4.65. The van der Waals surface area contributed by atoms with Crippen LogP contribution in [0.2, 0.25) is 0 Å². The van der Waals surface area contributed by atoms with E-state index in [-0.39, 0.29) is 18.4 Å². The first-order chi connectivity index (χ1) is 13.3. The molecular weight excluding hydrogens is 382 g/mol. The molecule has 9 heteroatoms. The normalized spacial score (nSPS) is 24.0. The number of nitrogens with zero attached hydrogens (tertiary/aromatic N) is 1. The zero-order valence-corrected chi connectivity index (χ0v) is 16.7. The Balaban J connectivity index is 1.51. The van der Waals surface area contributed by atoms with Crippen LogP contribution in [0.4, 0.5) is 9.80 Å². The van der Waals surface area contributed by atoms with E-state index in [0.717, 1.165) is 53.9 Å². The van der Waals surface area contributed by atoms with E-state index in [1.54, 1.807) is 6.92 Å². The van der Waals surface area contributed by atoms with E-state index < -0.39 is 23.4 Å². The van der Waals surface area contributed by atoms with Crippen molar-refractivity contribution in [3.8, 4) is 0 Å². The standard InChI is InChI=1S/C19H23N3O5S/c1-19(10-7-8-10)17(25)22(18(26)21-19)9-13(23)20-15-14(16(24)27-2)11-5-3-4-6-12(11)28-15/h10H,3-9H2,1-2H3,(H,20,23)(H,21,26). The fourth-order valence-electron chi connectivity index (χ4n) is 4.08. The highest BCUT2D eigenvalue weighted by atomic mass is 32.1. The van der Waals surface area contributed by atoms with E-state index >= 15 is 0 Å². The smallest absolute Gasteiger partial charge is 0.341 e. The van der Waals surface area contributed by atoms with Crippen molar-refractivity contribution in [1.29, 1.82) is 0 Å². The average molecular weight is 405 g/mol. The monoisotopic (exact) mass is 405 g/mol. The van der Waals surface area contributed by atoms with Gasteiger partial charge in [0.15, 0.2) is 0 Å². The molecule has 2 heterocycles. The molecule has 1 aliphatic heterocycles. The molecule has 0 radical (unpaired) electrons. The summed E-state index contributed by atoms with van der Waals surface area (Å²) in [6, 6.07) is -0.548. The number of carbonyl (C=O) groups excluding carboxylic acids is 4. The van der Waals surface area contributed by atoms with Gasteiger partial charge in [0.05, 0.1) is 12.7 Å². The molecule has 1 aromatic heterocycles. The number of fused-ring (bicyclic) bond motifs is 1. The molecule has 1 unspecified atom stereocenters. The number of anilines is 1. The van der Waals surface area contributed by atoms with Crippen molar-refractivity contribution in [2.45, 2.75) is 51.0 Å². The van der Waals surface area contributed by atoms with E-state index in [1.165, 1.54) is 18.4 Å². The lowest BCUT2D eigenvalue weighted by Crippen LogP contribution is -2.46. The SMILES string of the molecule is COC(=O)c1c(NC(=O)CN2C(=O)NC(C)(C3CC3)C2=O)sc2c1CCCC2. The van der Waals surface area contributed by atoms with Gasteiger partial charge in [0.1, 0.15) is 17.1 Å². The summed E-state index contributed by atoms with van der Waals surface area (Å²) in [6.07, 6.45) is 5.47. The summed E-state index contributed by atoms with van der Waals surface area (Å²) in [5.41, 5.74) is 0.418. The Bertz CT molecular complexity index is 875. The van der Waals surface area contributed by atoms with Crippen LogP contribution in [0.3, 0.4) is 0 Å². The Morgan fingerprint density at radius 1 is 1.29 bits per heavy atom. The van der Waals surface area contributed by atoms with Gasteiger partial charge in [0.2, 0.25) is 5.91 Å². The number of amides is 4. The van der Waals surface area contributed by atoms with Crippen molar-refractivity contribution in [1.82, 2.24) is 10.2 Å². The van der Waals surface area contributed by atoms with Gasteiger partial charge >= 0.3 is 12.0 Å². The van der Waals surface area contributed by atoms with Crippen LogP contribution in [0.25, 0.3) is 0 Å². The van der Waals surface area contributed by atoms with Crippen molar-refractivity contribution < 1.29 is 23.9 Å². The van der Waals surface area contributed by atoms with E-state index in [1.807, 2.05) is 0 Å². The lowest BCUT2D eigenvalue weighted by molar-refractivity contribution is -0.134. The van der Waals surface area contributed by atoms with Gasteiger partial charge in [-0.25, -0.2) is 9.59 Å². The third kappa shape index (κ3) is 3.07. The molecule has 1 atom stereocenters. The lowest BCUT2D eigenvalue weighted by atomic mass is 9.95. The molecular formula is C19H23N3O5S. The fourth-order valence-corrected chi connectivity index (χ4v) is 5.37. The summed E-state index contributed by atoms with van der Waals surface area (Å²) in [5, 5.41) is 5.89. The molecule has 150 valence electrons. The van der Waals surface area contributed by atoms with Gasteiger partial charge in [0.25, 0.3) is 5.91 Å². The second kappa shape index (κ2) is 6.88. The van der Waals surface area contributed by atoms with Crippen LogP contribution in [0, 0.1) is 5.92 Å². The van der Waals surface area contributed by atoms with E-state index in [0.29, 0.717) is 10.6 Å². The Labute approximate surface area is 166 Å². The van der Waals surface area contributed by atoms with Crippen LogP contribution in [0.1, 0.15) is 53.4 Å². The summed E-state index contributed by atoms with van der Waals surface area (Å²) >= 11 is 1.37. The summed E-state index contributed by atoms with van der Waals surface area (Å²) in [5.74, 6) is -1.22. The van der Waals surface area contributed by atoms with Gasteiger partial charge in [-0.1, -0.05) is 0 Å². The number of imide groups is 1. The van der Waals surface area contributed by atoms with E-state index in [2.05, 4.69) is 10.6 Å². The number of aryl methyl sites for hydroxylation is 1. The number of nitrogens with one attached hydrogen (secondary N) is 2. The van der Waals surface area contributed by atoms with Crippen molar-refractivity contribution in [3.63, 3.8) is 0 Å². The van der Waals surface area contributed by atoms with Gasteiger partial charge in [-0.05, 0) is 56.9 Å². The molecule has 0 spiro atoms. The minimum atomic E-state index is -0.920. The Hall–Kier alpha value is -2.42. The highest BCUT2D eigenvalue weighted by Gasteiger charge is 2.56. The molecule has 1 saturated carbocycles. The lowest BCUT2D eigenvalue weighted by Gasteiger charge is -2.20. The number of hydrogen-bond acceptors (Lipinski definition) is 6. The molecule has 4 amide bonds. The first-order valence-electron chi connectivity index (χ1n) is 9.52. The van der Waals surface area contributed by atoms with Crippen LogP contribution >= 0.6 is 11.3 Å². The van der Waals surface area contributed by atoms with Crippen molar-refractivity contribution in [3.05, 3.63) is 16.0 Å². The molecule has 2 fully saturated rings. The van der Waals surface area contributed by atoms with Gasteiger partial charge in [0, 0.05) is 4.88 Å². The minimum absolute atomic E-state index is 0.131.